The van der Waals surface area contributed by atoms with E-state index in [1.807, 2.05) is 0 Å². The lowest BCUT2D eigenvalue weighted by Crippen LogP contribution is -2.36. The topological polar surface area (TPSA) is 41.5 Å². The van der Waals surface area contributed by atoms with Crippen LogP contribution in [-0.4, -0.2) is 47.7 Å². The Morgan fingerprint density at radius 1 is 1.04 bits per heavy atom. The summed E-state index contributed by atoms with van der Waals surface area (Å²) in [6.45, 7) is 10.6. The lowest BCUT2D eigenvalue weighted by atomic mass is 9.99. The second-order valence-electron chi connectivity index (χ2n) is 7.76. The van der Waals surface area contributed by atoms with Crippen molar-refractivity contribution in [3.63, 3.8) is 0 Å². The Balaban J connectivity index is 1.54. The maximum Gasteiger partial charge on any atom is 0.146 e. The molecule has 2 aromatic heterocycles. The maximum absolute atomic E-state index is 5.49. The summed E-state index contributed by atoms with van der Waals surface area (Å²) in [5.41, 5.74) is 4.21. The molecule has 0 amide bonds. The van der Waals surface area contributed by atoms with E-state index in [9.17, 15) is 0 Å². The van der Waals surface area contributed by atoms with Crippen LogP contribution in [0.4, 0.5) is 5.82 Å². The molecule has 0 unspecified atom stereocenters. The Labute approximate surface area is 170 Å². The Bertz CT molecular complexity index is 1010. The first-order valence-electron chi connectivity index (χ1n) is 10.1. The van der Waals surface area contributed by atoms with E-state index in [1.165, 1.54) is 27.0 Å². The van der Waals surface area contributed by atoms with Crippen LogP contribution in [0.2, 0.25) is 0 Å². The lowest BCUT2D eigenvalue weighted by Gasteiger charge is -2.31. The smallest absolute Gasteiger partial charge is 0.146 e. The molecule has 0 saturated carbocycles. The number of aryl methyl sites for hydroxylation is 2. The summed E-state index contributed by atoms with van der Waals surface area (Å²) in [7, 11) is 0. The summed E-state index contributed by atoms with van der Waals surface area (Å²) in [4.78, 5) is 17.4. The predicted molar refractivity (Wildman–Crippen MR) is 114 cm³/mol. The van der Waals surface area contributed by atoms with Crippen LogP contribution < -0.4 is 4.90 Å². The zero-order valence-corrected chi connectivity index (χ0v) is 17.4. The van der Waals surface area contributed by atoms with Crippen molar-refractivity contribution in [2.45, 2.75) is 33.4 Å². The molecule has 2 aliphatic heterocycles. The Morgan fingerprint density at radius 2 is 1.82 bits per heavy atom. The molecule has 146 valence electrons. The average Bonchev–Trinajstić information content (AvgIpc) is 3.01. The van der Waals surface area contributed by atoms with Crippen LogP contribution >= 0.6 is 11.3 Å². The van der Waals surface area contributed by atoms with Crippen molar-refractivity contribution < 1.29 is 4.74 Å². The second-order valence-corrected chi connectivity index (χ2v) is 8.96. The highest BCUT2D eigenvalue weighted by molar-refractivity contribution is 7.18. The molecule has 0 spiro atoms. The molecule has 1 fully saturated rings. The fourth-order valence-electron chi connectivity index (χ4n) is 4.21. The molecule has 28 heavy (non-hydrogen) atoms. The third kappa shape index (κ3) is 3.30. The van der Waals surface area contributed by atoms with E-state index < -0.39 is 0 Å². The molecule has 0 N–H and O–H groups in total. The predicted octanol–water partition coefficient (Wildman–Crippen LogP) is 3.70. The molecule has 0 radical (unpaired) electrons. The van der Waals surface area contributed by atoms with Crippen molar-refractivity contribution in [1.82, 2.24) is 14.9 Å². The minimum absolute atomic E-state index is 0.798. The van der Waals surface area contributed by atoms with Gasteiger partial charge in [0.2, 0.25) is 0 Å². The van der Waals surface area contributed by atoms with Gasteiger partial charge in [-0.3, -0.25) is 4.90 Å². The number of anilines is 1. The number of benzene rings is 1. The van der Waals surface area contributed by atoms with Gasteiger partial charge in [0.1, 0.15) is 16.5 Å². The summed E-state index contributed by atoms with van der Waals surface area (Å²) in [6.07, 6.45) is 1.07. The zero-order chi connectivity index (χ0) is 19.1. The largest absolute Gasteiger partial charge is 0.379 e. The first-order chi connectivity index (χ1) is 13.7. The van der Waals surface area contributed by atoms with Gasteiger partial charge in [0.05, 0.1) is 25.1 Å². The summed E-state index contributed by atoms with van der Waals surface area (Å²) >= 11 is 1.80. The number of ether oxygens (including phenoxy) is 1. The molecule has 5 nitrogen and oxygen atoms in total. The molecule has 6 heteroatoms. The summed E-state index contributed by atoms with van der Waals surface area (Å²) in [5.74, 6) is 2.05. The van der Waals surface area contributed by atoms with Gasteiger partial charge in [-0.15, -0.1) is 11.3 Å². The average molecular weight is 395 g/mol. The van der Waals surface area contributed by atoms with Gasteiger partial charge in [0.15, 0.2) is 0 Å². The van der Waals surface area contributed by atoms with E-state index >= 15 is 0 Å². The van der Waals surface area contributed by atoms with E-state index in [1.54, 1.807) is 11.3 Å². The van der Waals surface area contributed by atoms with Gasteiger partial charge < -0.3 is 9.64 Å². The number of aromatic nitrogens is 2. The van der Waals surface area contributed by atoms with Crippen molar-refractivity contribution in [2.24, 2.45) is 0 Å². The van der Waals surface area contributed by atoms with Gasteiger partial charge >= 0.3 is 0 Å². The Hall–Kier alpha value is -2.02. The molecule has 5 rings (SSSR count). The van der Waals surface area contributed by atoms with Gasteiger partial charge in [-0.05, 0) is 37.0 Å². The van der Waals surface area contributed by atoms with Crippen LogP contribution in [0.1, 0.15) is 27.4 Å². The number of hydrogen-bond acceptors (Lipinski definition) is 6. The minimum atomic E-state index is 0.798. The fraction of sp³-hybridized carbons (Fsp3) is 0.455. The molecule has 2 aliphatic rings. The van der Waals surface area contributed by atoms with E-state index in [2.05, 4.69) is 47.9 Å². The first-order valence-corrected chi connectivity index (χ1v) is 10.9. The molecule has 3 aromatic rings. The maximum atomic E-state index is 5.49. The number of thiophene rings is 1. The van der Waals surface area contributed by atoms with Crippen molar-refractivity contribution in [3.05, 3.63) is 51.7 Å². The van der Waals surface area contributed by atoms with Crippen LogP contribution in [0.5, 0.6) is 0 Å². The van der Waals surface area contributed by atoms with Crippen LogP contribution in [0, 0.1) is 13.8 Å². The van der Waals surface area contributed by atoms with E-state index in [4.69, 9.17) is 14.7 Å². The fourth-order valence-corrected chi connectivity index (χ4v) is 5.25. The van der Waals surface area contributed by atoms with Gasteiger partial charge in [-0.2, -0.15) is 0 Å². The minimum Gasteiger partial charge on any atom is -0.379 e. The number of morpholine rings is 1. The lowest BCUT2D eigenvalue weighted by molar-refractivity contribution is 0.0331. The summed E-state index contributed by atoms with van der Waals surface area (Å²) in [6, 6.07) is 8.79. The number of nitrogens with zero attached hydrogens (tertiary/aromatic N) is 4. The molecule has 1 saturated heterocycles. The number of rotatable bonds is 3. The highest BCUT2D eigenvalue weighted by Gasteiger charge is 2.23. The molecule has 1 aromatic carbocycles. The molecule has 4 heterocycles. The summed E-state index contributed by atoms with van der Waals surface area (Å²) < 4.78 is 5.49. The van der Waals surface area contributed by atoms with Crippen molar-refractivity contribution in [2.75, 3.05) is 37.7 Å². The molecule has 0 aliphatic carbocycles. The van der Waals surface area contributed by atoms with E-state index in [0.29, 0.717) is 0 Å². The highest BCUT2D eigenvalue weighted by Crippen LogP contribution is 2.36. The first kappa shape index (κ1) is 18.0. The zero-order valence-electron chi connectivity index (χ0n) is 16.6. The van der Waals surface area contributed by atoms with Crippen LogP contribution in [0.15, 0.2) is 24.3 Å². The number of hydrogen-bond donors (Lipinski definition) is 0. The number of fused-ring (bicyclic) bond motifs is 2. The van der Waals surface area contributed by atoms with Crippen LogP contribution in [0.25, 0.3) is 10.2 Å². The van der Waals surface area contributed by atoms with Crippen LogP contribution in [0.3, 0.4) is 0 Å². The second kappa shape index (κ2) is 7.43. The normalized spacial score (nSPS) is 17.9. The van der Waals surface area contributed by atoms with Crippen molar-refractivity contribution in [3.8, 4) is 0 Å². The third-order valence-corrected chi connectivity index (χ3v) is 7.06. The monoisotopic (exact) mass is 394 g/mol. The SMILES string of the molecule is Cc1sc2nc(CN3CCOCC3)nc(N3CCc4ccccc4C3)c2c1C. The van der Waals surface area contributed by atoms with Crippen LogP contribution in [-0.2, 0) is 24.2 Å². The van der Waals surface area contributed by atoms with E-state index in [-0.39, 0.29) is 0 Å². The van der Waals surface area contributed by atoms with Gasteiger partial charge in [-0.25, -0.2) is 9.97 Å². The van der Waals surface area contributed by atoms with Crippen molar-refractivity contribution >= 4 is 27.4 Å². The van der Waals surface area contributed by atoms with Gasteiger partial charge in [0.25, 0.3) is 0 Å². The van der Waals surface area contributed by atoms with Gasteiger partial charge in [0, 0.05) is 31.1 Å². The standard InChI is InChI=1S/C22H26N4OS/c1-15-16(2)28-22-20(15)21(23-19(24-22)14-25-9-11-27-12-10-25)26-8-7-17-5-3-4-6-18(17)13-26/h3-6H,7-14H2,1-2H3. The molecular weight excluding hydrogens is 368 g/mol. The van der Waals surface area contributed by atoms with E-state index in [0.717, 1.165) is 68.8 Å². The molecule has 0 atom stereocenters. The van der Waals surface area contributed by atoms with Crippen molar-refractivity contribution in [1.29, 1.82) is 0 Å². The molecule has 0 bridgehead atoms. The summed E-state index contributed by atoms with van der Waals surface area (Å²) in [5, 5.41) is 1.24. The highest BCUT2D eigenvalue weighted by atomic mass is 32.1. The van der Waals surface area contributed by atoms with Gasteiger partial charge in [-0.1, -0.05) is 24.3 Å². The Kier molecular flexibility index (Phi) is 4.78. The quantitative estimate of drug-likeness (QED) is 0.677. The molecular formula is C22H26N4OS. The third-order valence-electron chi connectivity index (χ3n) is 5.95. The Morgan fingerprint density at radius 3 is 2.64 bits per heavy atom.